The molecule has 0 radical (unpaired) electrons. The van der Waals surface area contributed by atoms with E-state index >= 15 is 0 Å². The highest BCUT2D eigenvalue weighted by Crippen LogP contribution is 2.37. The third-order valence-corrected chi connectivity index (χ3v) is 7.90. The number of rotatable bonds is 3. The lowest BCUT2D eigenvalue weighted by atomic mass is 10.0. The van der Waals surface area contributed by atoms with E-state index < -0.39 is 10.0 Å². The Morgan fingerprint density at radius 1 is 0.828 bits per heavy atom. The molecule has 0 N–H and O–H groups in total. The summed E-state index contributed by atoms with van der Waals surface area (Å²) in [5.41, 5.74) is 1.94. The summed E-state index contributed by atoms with van der Waals surface area (Å²) >= 11 is 3.47. The van der Waals surface area contributed by atoms with Gasteiger partial charge in [0, 0.05) is 29.5 Å². The average Bonchev–Trinajstić information content (AvgIpc) is 3.22. The van der Waals surface area contributed by atoms with Gasteiger partial charge >= 0.3 is 0 Å². The first-order valence-corrected chi connectivity index (χ1v) is 11.7. The summed E-state index contributed by atoms with van der Waals surface area (Å²) in [6.45, 7) is 1.07. The second-order valence-corrected chi connectivity index (χ2v) is 10.0. The maximum atomic E-state index is 13.7. The summed E-state index contributed by atoms with van der Waals surface area (Å²) in [4.78, 5) is 0.332. The van der Waals surface area contributed by atoms with Crippen molar-refractivity contribution in [1.82, 2.24) is 8.87 Å². The number of fused-ring (bicyclic) bond motifs is 2. The molecule has 1 atom stereocenters. The van der Waals surface area contributed by atoms with Crippen LogP contribution in [0.3, 0.4) is 0 Å². The van der Waals surface area contributed by atoms with Crippen LogP contribution in [0.25, 0.3) is 10.8 Å². The summed E-state index contributed by atoms with van der Waals surface area (Å²) < 4.78 is 32.2. The topological polar surface area (TPSA) is 42.3 Å². The Bertz CT molecular complexity index is 1300. The first kappa shape index (κ1) is 18.6. The predicted octanol–water partition coefficient (Wildman–Crippen LogP) is 5.20. The van der Waals surface area contributed by atoms with Crippen LogP contribution in [-0.4, -0.2) is 23.8 Å². The van der Waals surface area contributed by atoms with Crippen molar-refractivity contribution in [3.05, 3.63) is 101 Å². The standard InChI is InChI=1S/C23H19BrN2O2S/c24-20-10-7-18(8-11-20)23-22-6-3-13-25(22)14-15-26(23)29(27,28)21-12-9-17-4-1-2-5-19(17)16-21/h1-13,16,23H,14-15H2. The molecule has 1 unspecified atom stereocenters. The van der Waals surface area contributed by atoms with Crippen LogP contribution in [0, 0.1) is 0 Å². The molecule has 1 aliphatic heterocycles. The van der Waals surface area contributed by atoms with Crippen molar-refractivity contribution in [3.8, 4) is 0 Å². The molecule has 2 heterocycles. The second kappa shape index (κ2) is 7.13. The van der Waals surface area contributed by atoms with Crippen LogP contribution in [0.5, 0.6) is 0 Å². The normalized spacial score (nSPS) is 17.3. The van der Waals surface area contributed by atoms with E-state index in [-0.39, 0.29) is 6.04 Å². The fourth-order valence-corrected chi connectivity index (χ4v) is 5.95. The Morgan fingerprint density at radius 3 is 2.38 bits per heavy atom. The molecule has 5 rings (SSSR count). The molecule has 1 aliphatic rings. The zero-order valence-corrected chi connectivity index (χ0v) is 18.0. The smallest absolute Gasteiger partial charge is 0.244 e. The summed E-state index contributed by atoms with van der Waals surface area (Å²) in [6, 6.07) is 24.7. The number of aromatic nitrogens is 1. The van der Waals surface area contributed by atoms with E-state index in [2.05, 4.69) is 20.5 Å². The molecular formula is C23H19BrN2O2S. The van der Waals surface area contributed by atoms with Crippen molar-refractivity contribution in [2.24, 2.45) is 0 Å². The second-order valence-electron chi connectivity index (χ2n) is 7.21. The van der Waals surface area contributed by atoms with Gasteiger partial charge in [-0.1, -0.05) is 58.4 Å². The van der Waals surface area contributed by atoms with Gasteiger partial charge in [0.05, 0.1) is 10.9 Å². The minimum absolute atomic E-state index is 0.332. The van der Waals surface area contributed by atoms with E-state index in [1.165, 1.54) is 0 Å². The highest BCUT2D eigenvalue weighted by atomic mass is 79.9. The lowest BCUT2D eigenvalue weighted by Crippen LogP contribution is -2.42. The molecule has 0 amide bonds. The third-order valence-electron chi connectivity index (χ3n) is 5.51. The maximum absolute atomic E-state index is 13.7. The molecule has 6 heteroatoms. The van der Waals surface area contributed by atoms with E-state index in [0.717, 1.165) is 26.5 Å². The minimum Gasteiger partial charge on any atom is -0.348 e. The monoisotopic (exact) mass is 466 g/mol. The molecule has 0 saturated carbocycles. The fraction of sp³-hybridized carbons (Fsp3) is 0.130. The van der Waals surface area contributed by atoms with Crippen molar-refractivity contribution >= 4 is 36.7 Å². The lowest BCUT2D eigenvalue weighted by Gasteiger charge is -2.36. The highest BCUT2D eigenvalue weighted by Gasteiger charge is 2.37. The Kier molecular flexibility index (Phi) is 4.57. The third kappa shape index (κ3) is 3.21. The first-order valence-electron chi connectivity index (χ1n) is 9.45. The van der Waals surface area contributed by atoms with Crippen LogP contribution in [0.1, 0.15) is 17.3 Å². The van der Waals surface area contributed by atoms with Gasteiger partial charge < -0.3 is 4.57 Å². The van der Waals surface area contributed by atoms with Gasteiger partial charge in [0.2, 0.25) is 10.0 Å². The molecule has 1 aromatic heterocycles. The zero-order valence-electron chi connectivity index (χ0n) is 15.6. The summed E-state index contributed by atoms with van der Waals surface area (Å²) in [6.07, 6.45) is 2.02. The van der Waals surface area contributed by atoms with Crippen LogP contribution in [0.4, 0.5) is 0 Å². The van der Waals surface area contributed by atoms with Crippen LogP contribution < -0.4 is 0 Å². The van der Waals surface area contributed by atoms with Gasteiger partial charge in [-0.25, -0.2) is 8.42 Å². The maximum Gasteiger partial charge on any atom is 0.244 e. The SMILES string of the molecule is O=S(=O)(c1ccc2ccccc2c1)N1CCn2cccc2C1c1ccc(Br)cc1. The van der Waals surface area contributed by atoms with Crippen LogP contribution in [0.15, 0.2) is 94.4 Å². The van der Waals surface area contributed by atoms with E-state index in [9.17, 15) is 8.42 Å². The summed E-state index contributed by atoms with van der Waals surface area (Å²) in [5.74, 6) is 0. The molecule has 0 bridgehead atoms. The van der Waals surface area contributed by atoms with Crippen molar-refractivity contribution in [3.63, 3.8) is 0 Å². The van der Waals surface area contributed by atoms with Gasteiger partial charge in [0.15, 0.2) is 0 Å². The molecule has 29 heavy (non-hydrogen) atoms. The molecular weight excluding hydrogens is 448 g/mol. The average molecular weight is 467 g/mol. The molecule has 0 fully saturated rings. The Morgan fingerprint density at radius 2 is 1.59 bits per heavy atom. The lowest BCUT2D eigenvalue weighted by molar-refractivity contribution is 0.298. The molecule has 4 nitrogen and oxygen atoms in total. The number of nitrogens with zero attached hydrogens (tertiary/aromatic N) is 2. The largest absolute Gasteiger partial charge is 0.348 e. The van der Waals surface area contributed by atoms with Crippen molar-refractivity contribution in [2.75, 3.05) is 6.54 Å². The van der Waals surface area contributed by atoms with E-state index in [1.807, 2.05) is 72.9 Å². The van der Waals surface area contributed by atoms with Gasteiger partial charge in [0.25, 0.3) is 0 Å². The van der Waals surface area contributed by atoms with Gasteiger partial charge in [-0.15, -0.1) is 0 Å². The van der Waals surface area contributed by atoms with Crippen LogP contribution in [-0.2, 0) is 16.6 Å². The van der Waals surface area contributed by atoms with Gasteiger partial charge in [-0.05, 0) is 52.7 Å². The van der Waals surface area contributed by atoms with E-state index in [1.54, 1.807) is 16.4 Å². The summed E-state index contributed by atoms with van der Waals surface area (Å²) in [7, 11) is -3.67. The van der Waals surface area contributed by atoms with Crippen molar-refractivity contribution < 1.29 is 8.42 Å². The molecule has 0 aliphatic carbocycles. The van der Waals surface area contributed by atoms with Crippen molar-refractivity contribution in [2.45, 2.75) is 17.5 Å². The first-order chi connectivity index (χ1) is 14.0. The van der Waals surface area contributed by atoms with Gasteiger partial charge in [0.1, 0.15) is 0 Å². The molecule has 0 saturated heterocycles. The highest BCUT2D eigenvalue weighted by molar-refractivity contribution is 9.10. The number of benzene rings is 3. The predicted molar refractivity (Wildman–Crippen MR) is 118 cm³/mol. The van der Waals surface area contributed by atoms with Crippen LogP contribution in [0.2, 0.25) is 0 Å². The van der Waals surface area contributed by atoms with Gasteiger partial charge in [-0.2, -0.15) is 4.31 Å². The Hall–Kier alpha value is -2.41. The summed E-state index contributed by atoms with van der Waals surface area (Å²) in [5, 5.41) is 1.96. The molecule has 0 spiro atoms. The molecule has 3 aromatic carbocycles. The number of hydrogen-bond donors (Lipinski definition) is 0. The minimum atomic E-state index is -3.67. The van der Waals surface area contributed by atoms with Crippen LogP contribution >= 0.6 is 15.9 Å². The Balaban J connectivity index is 1.64. The number of halogens is 1. The quantitative estimate of drug-likeness (QED) is 0.416. The Labute approximate surface area is 178 Å². The van der Waals surface area contributed by atoms with E-state index in [0.29, 0.717) is 18.0 Å². The molecule has 4 aromatic rings. The fourth-order valence-electron chi connectivity index (χ4n) is 4.07. The van der Waals surface area contributed by atoms with Gasteiger partial charge in [-0.3, -0.25) is 0 Å². The number of sulfonamides is 1. The number of hydrogen-bond acceptors (Lipinski definition) is 2. The van der Waals surface area contributed by atoms with Crippen molar-refractivity contribution in [1.29, 1.82) is 0 Å². The molecule has 146 valence electrons. The zero-order chi connectivity index (χ0) is 20.0. The van der Waals surface area contributed by atoms with E-state index in [4.69, 9.17) is 0 Å².